The van der Waals surface area contributed by atoms with Crippen LogP contribution in [0.15, 0.2) is 254 Å². The molecule has 12 rings (SSSR count). The van der Waals surface area contributed by atoms with Crippen LogP contribution >= 0.6 is 0 Å². The molecule has 2 aliphatic heterocycles. The van der Waals surface area contributed by atoms with Gasteiger partial charge in [0.05, 0.1) is 23.1 Å². The average Bonchev–Trinajstić information content (AvgIpc) is 3.83. The second-order valence-electron chi connectivity index (χ2n) is 18.0. The molecule has 3 heterocycles. The van der Waals surface area contributed by atoms with Crippen LogP contribution < -0.4 is 5.43 Å². The lowest BCUT2D eigenvalue weighted by atomic mass is 9.71. The second-order valence-corrected chi connectivity index (χ2v) is 18.0. The van der Waals surface area contributed by atoms with Crippen molar-refractivity contribution in [3.63, 3.8) is 0 Å². The van der Waals surface area contributed by atoms with E-state index in [0.29, 0.717) is 0 Å². The second kappa shape index (κ2) is 17.8. The molecule has 4 heteroatoms. The van der Waals surface area contributed by atoms with E-state index in [-0.39, 0.29) is 23.8 Å². The third kappa shape index (κ3) is 7.79. The molecule has 1 aromatic heterocycles. The van der Waals surface area contributed by atoms with Gasteiger partial charge in [-0.3, -0.25) is 5.01 Å². The topological polar surface area (TPSA) is 41.1 Å². The van der Waals surface area contributed by atoms with E-state index < -0.39 is 0 Å². The van der Waals surface area contributed by atoms with Gasteiger partial charge in [-0.25, -0.2) is 15.4 Å². The van der Waals surface area contributed by atoms with Gasteiger partial charge in [0.1, 0.15) is 5.82 Å². The van der Waals surface area contributed by atoms with Gasteiger partial charge in [-0.05, 0) is 81.5 Å². The summed E-state index contributed by atoms with van der Waals surface area (Å²) >= 11 is 0. The molecule has 6 aromatic carbocycles. The maximum absolute atomic E-state index is 5.22. The first-order chi connectivity index (χ1) is 33.2. The zero-order chi connectivity index (χ0) is 44.5. The third-order valence-electron chi connectivity index (χ3n) is 14.0. The molecule has 0 spiro atoms. The largest absolute Gasteiger partial charge is 0.278 e. The first-order valence-electron chi connectivity index (χ1n) is 23.7. The minimum absolute atomic E-state index is 0.000893. The minimum atomic E-state index is -0.000893. The van der Waals surface area contributed by atoms with Gasteiger partial charge < -0.3 is 0 Å². The summed E-state index contributed by atoms with van der Waals surface area (Å²) in [5.74, 6) is 1.34. The summed E-state index contributed by atoms with van der Waals surface area (Å²) in [4.78, 5) is 10.4. The van der Waals surface area contributed by atoms with Crippen molar-refractivity contribution < 1.29 is 0 Å². The van der Waals surface area contributed by atoms with Gasteiger partial charge in [-0.15, -0.1) is 0 Å². The van der Waals surface area contributed by atoms with Crippen molar-refractivity contribution >= 4 is 16.8 Å². The van der Waals surface area contributed by atoms with Gasteiger partial charge in [-0.2, -0.15) is 0 Å². The number of allylic oxidation sites excluding steroid dienone is 13. The van der Waals surface area contributed by atoms with E-state index in [4.69, 9.17) is 9.97 Å². The molecule has 4 unspecified atom stereocenters. The van der Waals surface area contributed by atoms with Crippen LogP contribution in [0.4, 0.5) is 0 Å². The van der Waals surface area contributed by atoms with Gasteiger partial charge in [0.25, 0.3) is 0 Å². The van der Waals surface area contributed by atoms with Crippen molar-refractivity contribution in [3.05, 3.63) is 282 Å². The summed E-state index contributed by atoms with van der Waals surface area (Å²) < 4.78 is 0. The van der Waals surface area contributed by atoms with Crippen LogP contribution in [0.2, 0.25) is 0 Å². The van der Waals surface area contributed by atoms with E-state index in [2.05, 4.69) is 247 Å². The van der Waals surface area contributed by atoms with E-state index in [1.54, 1.807) is 0 Å². The standard InChI is InChI=1S/C63H50N4/c1-6-19-43(20-7-1)52-29-18-30-53(41-52)57-42-56(64-63(65-57)51-27-14-5-15-28-51)46-37-33-44(34-38-46)45-35-39-48(40-36-45)58-54-31-16-17-32-55(54)62-59(47-21-8-2-9-22-47)60(49-23-10-3-11-24-49)66-67(62)61(58)50-25-12-4-13-26-50/h1-27,29-35,37-39,41-42,51,54-55,60,66H,28,36,40H2. The monoisotopic (exact) mass is 862 g/mol. The number of fused-ring (bicyclic) bond motifs is 3. The highest BCUT2D eigenvalue weighted by atomic mass is 15.6. The van der Waals surface area contributed by atoms with Gasteiger partial charge in [0.15, 0.2) is 0 Å². The Kier molecular flexibility index (Phi) is 10.8. The van der Waals surface area contributed by atoms with Crippen molar-refractivity contribution in [1.82, 2.24) is 20.4 Å². The van der Waals surface area contributed by atoms with E-state index in [1.807, 2.05) is 0 Å². The zero-order valence-corrected chi connectivity index (χ0v) is 37.3. The van der Waals surface area contributed by atoms with Gasteiger partial charge >= 0.3 is 0 Å². The van der Waals surface area contributed by atoms with E-state index in [0.717, 1.165) is 47.6 Å². The van der Waals surface area contributed by atoms with Crippen molar-refractivity contribution in [3.8, 4) is 33.6 Å². The number of nitrogens with zero attached hydrogens (tertiary/aromatic N) is 3. The zero-order valence-electron chi connectivity index (χ0n) is 37.3. The molecule has 4 atom stereocenters. The first-order valence-corrected chi connectivity index (χ1v) is 23.7. The van der Waals surface area contributed by atoms with Crippen LogP contribution in [0.25, 0.3) is 50.5 Å². The molecule has 67 heavy (non-hydrogen) atoms. The highest BCUT2D eigenvalue weighted by Gasteiger charge is 2.46. The minimum Gasteiger partial charge on any atom is -0.278 e. The maximum atomic E-state index is 5.22. The third-order valence-corrected chi connectivity index (χ3v) is 14.0. The maximum Gasteiger partial charge on any atom is 0.136 e. The summed E-state index contributed by atoms with van der Waals surface area (Å²) in [6.45, 7) is 0. The fourth-order valence-electron chi connectivity index (χ4n) is 10.7. The molecule has 322 valence electrons. The number of hydrogen-bond donors (Lipinski definition) is 1. The van der Waals surface area contributed by atoms with Crippen molar-refractivity contribution in [2.45, 2.75) is 31.2 Å². The molecule has 7 aromatic rings. The van der Waals surface area contributed by atoms with Crippen LogP contribution in [-0.4, -0.2) is 15.0 Å². The summed E-state index contributed by atoms with van der Waals surface area (Å²) in [6.07, 6.45) is 25.6. The number of nitrogens with one attached hydrogen (secondary N) is 1. The Morgan fingerprint density at radius 2 is 1.03 bits per heavy atom. The predicted octanol–water partition coefficient (Wildman–Crippen LogP) is 14.9. The van der Waals surface area contributed by atoms with Crippen molar-refractivity contribution in [1.29, 1.82) is 0 Å². The summed E-state index contributed by atoms with van der Waals surface area (Å²) in [7, 11) is 0. The van der Waals surface area contributed by atoms with Crippen LogP contribution in [-0.2, 0) is 0 Å². The van der Waals surface area contributed by atoms with E-state index >= 15 is 0 Å². The van der Waals surface area contributed by atoms with Gasteiger partial charge in [-0.1, -0.05) is 225 Å². The number of benzene rings is 6. The lowest BCUT2D eigenvalue weighted by Crippen LogP contribution is -2.41. The SMILES string of the molecule is C1=CCC(c2nc(-c3ccc(C4=CC=C(C5=C(c6ccccc6)N6NC(c7ccccc7)C(c7ccccc7)=C6C6C=CC=CC56)CC4)cc3)cc(-c3cccc(-c4ccccc4)c3)n2)C=C1. The molecule has 1 N–H and O–H groups in total. The van der Waals surface area contributed by atoms with Crippen molar-refractivity contribution in [2.75, 3.05) is 0 Å². The Bertz CT molecular complexity index is 3220. The summed E-state index contributed by atoms with van der Waals surface area (Å²) in [5.41, 5.74) is 23.5. The Balaban J connectivity index is 0.911. The van der Waals surface area contributed by atoms with Crippen LogP contribution in [0.3, 0.4) is 0 Å². The van der Waals surface area contributed by atoms with E-state index in [1.165, 1.54) is 67.1 Å². The quantitative estimate of drug-likeness (QED) is 0.157. The Morgan fingerprint density at radius 1 is 0.448 bits per heavy atom. The Hall–Kier alpha value is -7.92. The lowest BCUT2D eigenvalue weighted by Gasteiger charge is -2.43. The van der Waals surface area contributed by atoms with E-state index in [9.17, 15) is 0 Å². The number of aromatic nitrogens is 2. The molecule has 5 aliphatic rings. The summed E-state index contributed by atoms with van der Waals surface area (Å²) in [6, 6.07) is 63.4. The smallest absolute Gasteiger partial charge is 0.136 e. The molecule has 0 fully saturated rings. The molecule has 0 bridgehead atoms. The predicted molar refractivity (Wildman–Crippen MR) is 275 cm³/mol. The summed E-state index contributed by atoms with van der Waals surface area (Å²) in [5, 5.41) is 2.46. The fraction of sp³-hybridized carbons (Fsp3) is 0.111. The van der Waals surface area contributed by atoms with Gasteiger partial charge in [0, 0.05) is 40.2 Å². The Labute approximate surface area is 393 Å². The van der Waals surface area contributed by atoms with Crippen LogP contribution in [0.1, 0.15) is 59.3 Å². The Morgan fingerprint density at radius 3 is 1.72 bits per heavy atom. The molecule has 0 amide bonds. The number of hydrazine groups is 1. The highest BCUT2D eigenvalue weighted by Crippen LogP contribution is 2.55. The van der Waals surface area contributed by atoms with Crippen LogP contribution in [0.5, 0.6) is 0 Å². The van der Waals surface area contributed by atoms with Crippen LogP contribution in [0, 0.1) is 11.8 Å². The van der Waals surface area contributed by atoms with Gasteiger partial charge in [0.2, 0.25) is 0 Å². The highest BCUT2D eigenvalue weighted by molar-refractivity contribution is 5.85. The number of hydrogen-bond acceptors (Lipinski definition) is 4. The molecule has 0 saturated carbocycles. The fourth-order valence-corrected chi connectivity index (χ4v) is 10.7. The first kappa shape index (κ1) is 40.6. The number of rotatable bonds is 9. The molecular formula is C63H50N4. The normalized spacial score (nSPS) is 20.7. The van der Waals surface area contributed by atoms with Crippen molar-refractivity contribution in [2.24, 2.45) is 11.8 Å². The average molecular weight is 863 g/mol. The lowest BCUT2D eigenvalue weighted by molar-refractivity contribution is 0.311. The molecule has 3 aliphatic carbocycles. The molecule has 0 saturated heterocycles. The molecular weight excluding hydrogens is 813 g/mol. The molecule has 4 nitrogen and oxygen atoms in total. The molecule has 0 radical (unpaired) electrons.